The van der Waals surface area contributed by atoms with Crippen LogP contribution in [-0.4, -0.2) is 16.2 Å². The summed E-state index contributed by atoms with van der Waals surface area (Å²) in [5.74, 6) is -0.939. The quantitative estimate of drug-likeness (QED) is 0.655. The first-order valence-electron chi connectivity index (χ1n) is 6.79. The van der Waals surface area contributed by atoms with Crippen LogP contribution in [0.2, 0.25) is 0 Å². The van der Waals surface area contributed by atoms with Crippen molar-refractivity contribution in [2.45, 2.75) is 20.4 Å². The summed E-state index contributed by atoms with van der Waals surface area (Å²) >= 11 is 0. The van der Waals surface area contributed by atoms with E-state index in [1.54, 1.807) is 6.08 Å². The molecule has 0 radical (unpaired) electrons. The number of aliphatic carboxylic acids is 1. The van der Waals surface area contributed by atoms with Crippen molar-refractivity contribution in [3.8, 4) is 0 Å². The number of aryl methyl sites for hydroxylation is 1. The molecule has 0 bridgehead atoms. The van der Waals surface area contributed by atoms with E-state index in [1.807, 2.05) is 36.7 Å². The number of rotatable bonds is 5. The van der Waals surface area contributed by atoms with Gasteiger partial charge in [-0.05, 0) is 24.6 Å². The van der Waals surface area contributed by atoms with Gasteiger partial charge in [0.2, 0.25) is 5.69 Å². The standard InChI is InChI=1S/C17H18N2O2/c1-13-16(10-11-17(20)21)14(2)19(18-13)12-6-9-15-7-4-3-5-8-15/h3-11H,12H2,1-2H3,(H,20,21)/p+1/b9-6+,11-10+. The average Bonchev–Trinajstić information content (AvgIpc) is 2.72. The van der Waals surface area contributed by atoms with Gasteiger partial charge in [0.05, 0.1) is 11.3 Å². The van der Waals surface area contributed by atoms with Gasteiger partial charge < -0.3 is 5.11 Å². The molecule has 0 saturated heterocycles. The third-order valence-corrected chi connectivity index (χ3v) is 3.29. The second-order valence-electron chi connectivity index (χ2n) is 4.83. The summed E-state index contributed by atoms with van der Waals surface area (Å²) in [5.41, 5.74) is 4.05. The maximum absolute atomic E-state index is 10.6. The highest BCUT2D eigenvalue weighted by molar-refractivity contribution is 5.85. The zero-order valence-corrected chi connectivity index (χ0v) is 12.2. The van der Waals surface area contributed by atoms with Crippen LogP contribution in [0.3, 0.4) is 0 Å². The lowest BCUT2D eigenvalue weighted by molar-refractivity contribution is -0.746. The van der Waals surface area contributed by atoms with Gasteiger partial charge in [-0.2, -0.15) is 5.10 Å². The summed E-state index contributed by atoms with van der Waals surface area (Å²) < 4.78 is 2.00. The molecule has 0 atom stereocenters. The number of hydrogen-bond donors (Lipinski definition) is 2. The van der Waals surface area contributed by atoms with Gasteiger partial charge >= 0.3 is 5.97 Å². The number of benzene rings is 1. The molecule has 0 aliphatic carbocycles. The number of carboxylic acid groups (broad SMARTS) is 1. The summed E-state index contributed by atoms with van der Waals surface area (Å²) in [6.45, 7) is 4.62. The smallest absolute Gasteiger partial charge is 0.328 e. The van der Waals surface area contributed by atoms with E-state index < -0.39 is 5.97 Å². The number of carbonyl (C=O) groups is 1. The Bertz CT molecular complexity index is 682. The second kappa shape index (κ2) is 6.70. The first-order chi connectivity index (χ1) is 10.1. The summed E-state index contributed by atoms with van der Waals surface area (Å²) in [5, 5.41) is 12.0. The van der Waals surface area contributed by atoms with Crippen LogP contribution >= 0.6 is 0 Å². The predicted octanol–water partition coefficient (Wildman–Crippen LogP) is 2.73. The van der Waals surface area contributed by atoms with Crippen molar-refractivity contribution in [1.29, 1.82) is 0 Å². The first-order valence-corrected chi connectivity index (χ1v) is 6.79. The van der Waals surface area contributed by atoms with Crippen LogP contribution < -0.4 is 4.68 Å². The number of aromatic nitrogens is 2. The number of nitrogens with zero attached hydrogens (tertiary/aromatic N) is 1. The largest absolute Gasteiger partial charge is 0.478 e. The van der Waals surface area contributed by atoms with Crippen LogP contribution in [0.5, 0.6) is 0 Å². The monoisotopic (exact) mass is 283 g/mol. The van der Waals surface area contributed by atoms with E-state index in [0.29, 0.717) is 6.54 Å². The zero-order valence-electron chi connectivity index (χ0n) is 12.2. The molecule has 0 amide bonds. The van der Waals surface area contributed by atoms with E-state index in [4.69, 9.17) is 5.11 Å². The Hall–Kier alpha value is -2.62. The fourth-order valence-electron chi connectivity index (χ4n) is 2.20. The second-order valence-corrected chi connectivity index (χ2v) is 4.83. The minimum absolute atomic E-state index is 0.711. The summed E-state index contributed by atoms with van der Waals surface area (Å²) in [7, 11) is 0. The van der Waals surface area contributed by atoms with Crippen LogP contribution in [0.15, 0.2) is 42.5 Å². The lowest BCUT2D eigenvalue weighted by Crippen LogP contribution is -2.37. The Kier molecular flexibility index (Phi) is 4.72. The molecule has 21 heavy (non-hydrogen) atoms. The zero-order chi connectivity index (χ0) is 15.2. The van der Waals surface area contributed by atoms with E-state index >= 15 is 0 Å². The molecule has 0 fully saturated rings. The molecule has 1 heterocycles. The lowest BCUT2D eigenvalue weighted by atomic mass is 10.2. The highest BCUT2D eigenvalue weighted by Crippen LogP contribution is 2.10. The van der Waals surface area contributed by atoms with Crippen LogP contribution in [0, 0.1) is 13.8 Å². The van der Waals surface area contributed by atoms with Crippen molar-refractivity contribution in [2.24, 2.45) is 0 Å². The SMILES string of the molecule is Cc1[nH][n+](C/C=C/c2ccccc2)c(C)c1/C=C/C(=O)O. The third-order valence-electron chi connectivity index (χ3n) is 3.29. The predicted molar refractivity (Wildman–Crippen MR) is 82.6 cm³/mol. The molecule has 0 unspecified atom stereocenters. The summed E-state index contributed by atoms with van der Waals surface area (Å²) in [4.78, 5) is 10.6. The Labute approximate surface area is 124 Å². The van der Waals surface area contributed by atoms with Crippen molar-refractivity contribution in [1.82, 2.24) is 5.10 Å². The molecule has 4 heteroatoms. The van der Waals surface area contributed by atoms with E-state index in [9.17, 15) is 4.79 Å². The number of aromatic amines is 1. The number of nitrogens with one attached hydrogen (secondary N) is 1. The molecule has 108 valence electrons. The van der Waals surface area contributed by atoms with Gasteiger partial charge in [0.15, 0.2) is 6.54 Å². The fraction of sp³-hybridized carbons (Fsp3) is 0.176. The van der Waals surface area contributed by atoms with Gasteiger partial charge in [-0.1, -0.05) is 36.4 Å². The molecule has 0 aliphatic rings. The molecule has 2 rings (SSSR count). The minimum Gasteiger partial charge on any atom is -0.478 e. The van der Waals surface area contributed by atoms with Crippen LogP contribution in [-0.2, 0) is 11.3 Å². The average molecular weight is 283 g/mol. The van der Waals surface area contributed by atoms with Gasteiger partial charge in [-0.25, -0.2) is 4.79 Å². The highest BCUT2D eigenvalue weighted by Gasteiger charge is 2.15. The molecule has 0 aliphatic heterocycles. The highest BCUT2D eigenvalue weighted by atomic mass is 16.4. The summed E-state index contributed by atoms with van der Waals surface area (Å²) in [6.07, 6.45) is 6.92. The van der Waals surface area contributed by atoms with Gasteiger partial charge in [0.25, 0.3) is 0 Å². The molecule has 1 aromatic carbocycles. The fourth-order valence-corrected chi connectivity index (χ4v) is 2.20. The van der Waals surface area contributed by atoms with Crippen molar-refractivity contribution in [3.05, 3.63) is 65.0 Å². The lowest BCUT2D eigenvalue weighted by Gasteiger charge is -1.91. The maximum Gasteiger partial charge on any atom is 0.328 e. The Morgan fingerprint density at radius 2 is 1.95 bits per heavy atom. The molecule has 2 N–H and O–H groups in total. The van der Waals surface area contributed by atoms with E-state index in [0.717, 1.165) is 28.6 Å². The molecular formula is C17H19N2O2+. The third kappa shape index (κ3) is 3.92. The van der Waals surface area contributed by atoms with Gasteiger partial charge in [-0.15, -0.1) is 4.68 Å². The number of carboxylic acids is 1. The molecule has 0 spiro atoms. The molecule has 4 nitrogen and oxygen atoms in total. The van der Waals surface area contributed by atoms with Crippen molar-refractivity contribution < 1.29 is 14.6 Å². The Morgan fingerprint density at radius 3 is 2.62 bits per heavy atom. The van der Waals surface area contributed by atoms with E-state index in [2.05, 4.69) is 29.4 Å². The van der Waals surface area contributed by atoms with Crippen LogP contribution in [0.4, 0.5) is 0 Å². The van der Waals surface area contributed by atoms with Crippen molar-refractivity contribution in [2.75, 3.05) is 0 Å². The van der Waals surface area contributed by atoms with Gasteiger partial charge in [-0.3, -0.25) is 0 Å². The molecular weight excluding hydrogens is 264 g/mol. The van der Waals surface area contributed by atoms with Crippen molar-refractivity contribution in [3.63, 3.8) is 0 Å². The minimum atomic E-state index is -0.939. The Balaban J connectivity index is 2.13. The number of hydrogen-bond acceptors (Lipinski definition) is 1. The normalized spacial score (nSPS) is 11.5. The summed E-state index contributed by atoms with van der Waals surface area (Å²) in [6, 6.07) is 10.1. The maximum atomic E-state index is 10.6. The van der Waals surface area contributed by atoms with Crippen molar-refractivity contribution >= 4 is 18.1 Å². The molecule has 0 saturated carbocycles. The Morgan fingerprint density at radius 1 is 1.24 bits per heavy atom. The number of H-pyrrole nitrogens is 1. The molecule has 1 aromatic heterocycles. The molecule has 2 aromatic rings. The van der Waals surface area contributed by atoms with E-state index in [-0.39, 0.29) is 0 Å². The van der Waals surface area contributed by atoms with Crippen LogP contribution in [0.25, 0.3) is 12.2 Å². The van der Waals surface area contributed by atoms with E-state index in [1.165, 1.54) is 0 Å². The van der Waals surface area contributed by atoms with Crippen LogP contribution in [0.1, 0.15) is 22.5 Å². The van der Waals surface area contributed by atoms with Gasteiger partial charge in [0.1, 0.15) is 0 Å². The van der Waals surface area contributed by atoms with Gasteiger partial charge in [0, 0.05) is 13.0 Å². The topological polar surface area (TPSA) is 57.0 Å². The number of allylic oxidation sites excluding steroid dienone is 1. The first kappa shape index (κ1) is 14.8.